The maximum Gasteiger partial charge on any atom is 0.222 e. The summed E-state index contributed by atoms with van der Waals surface area (Å²) in [6.07, 6.45) is 7.08. The van der Waals surface area contributed by atoms with Gasteiger partial charge in [-0.3, -0.25) is 4.68 Å². The molecule has 2 aromatic heterocycles. The molecule has 3 aromatic rings. The highest BCUT2D eigenvalue weighted by Crippen LogP contribution is 2.33. The van der Waals surface area contributed by atoms with Gasteiger partial charge in [0.25, 0.3) is 0 Å². The zero-order valence-corrected chi connectivity index (χ0v) is 20.9. The predicted molar refractivity (Wildman–Crippen MR) is 138 cm³/mol. The maximum absolute atomic E-state index is 9.10. The molecule has 4 heterocycles. The lowest BCUT2D eigenvalue weighted by molar-refractivity contribution is 0.253. The summed E-state index contributed by atoms with van der Waals surface area (Å²) in [6, 6.07) is 11.4. The third kappa shape index (κ3) is 5.01. The number of nitriles is 1. The van der Waals surface area contributed by atoms with Crippen LogP contribution < -0.4 is 10.6 Å². The van der Waals surface area contributed by atoms with Crippen LogP contribution in [0.25, 0.3) is 11.1 Å². The van der Waals surface area contributed by atoms with Gasteiger partial charge >= 0.3 is 0 Å². The number of nitrogens with two attached hydrogens (primary N) is 1. The fourth-order valence-corrected chi connectivity index (χ4v) is 5.29. The molecule has 0 radical (unpaired) electrons. The molecule has 8 nitrogen and oxygen atoms in total. The van der Waals surface area contributed by atoms with Gasteiger partial charge in [-0.2, -0.15) is 15.3 Å². The van der Waals surface area contributed by atoms with Crippen molar-refractivity contribution in [3.8, 4) is 17.2 Å². The molecule has 0 aliphatic carbocycles. The molecule has 2 aliphatic heterocycles. The number of benzene rings is 1. The second-order valence-corrected chi connectivity index (χ2v) is 10.2. The van der Waals surface area contributed by atoms with Gasteiger partial charge in [0.2, 0.25) is 5.95 Å². The Balaban J connectivity index is 1.39. The Bertz CT molecular complexity index is 1230. The highest BCUT2D eigenvalue weighted by Gasteiger charge is 2.27. The largest absolute Gasteiger partial charge is 0.368 e. The van der Waals surface area contributed by atoms with E-state index in [9.17, 15) is 0 Å². The van der Waals surface area contributed by atoms with Crippen LogP contribution in [0.15, 0.2) is 36.7 Å². The third-order valence-electron chi connectivity index (χ3n) is 7.42. The average molecular weight is 471 g/mol. The van der Waals surface area contributed by atoms with Crippen LogP contribution in [0.1, 0.15) is 49.4 Å². The number of rotatable bonds is 5. The highest BCUT2D eigenvalue weighted by atomic mass is 15.3. The molecule has 2 aliphatic rings. The molecule has 182 valence electrons. The van der Waals surface area contributed by atoms with Crippen molar-refractivity contribution in [2.75, 3.05) is 30.8 Å². The minimum atomic E-state index is -0.0685. The second kappa shape index (κ2) is 9.67. The summed E-state index contributed by atoms with van der Waals surface area (Å²) < 4.78 is 1.85. The first-order chi connectivity index (χ1) is 16.9. The molecule has 1 saturated heterocycles. The molecule has 0 saturated carbocycles. The van der Waals surface area contributed by atoms with E-state index >= 15 is 0 Å². The summed E-state index contributed by atoms with van der Waals surface area (Å²) in [5.74, 6) is 1.66. The molecular weight excluding hydrogens is 436 g/mol. The Morgan fingerprint density at radius 1 is 1.14 bits per heavy atom. The van der Waals surface area contributed by atoms with Crippen LogP contribution in [-0.4, -0.2) is 50.8 Å². The topological polar surface area (TPSA) is 99.9 Å². The molecule has 2 atom stereocenters. The molecule has 35 heavy (non-hydrogen) atoms. The number of piperidine rings is 1. The van der Waals surface area contributed by atoms with Gasteiger partial charge in [0.05, 0.1) is 30.4 Å². The Morgan fingerprint density at radius 3 is 2.71 bits per heavy atom. The van der Waals surface area contributed by atoms with Crippen LogP contribution in [0.2, 0.25) is 0 Å². The Kier molecular flexibility index (Phi) is 6.44. The molecule has 1 aromatic carbocycles. The van der Waals surface area contributed by atoms with Crippen molar-refractivity contribution in [1.29, 1.82) is 5.26 Å². The predicted octanol–water partition coefficient (Wildman–Crippen LogP) is 3.84. The van der Waals surface area contributed by atoms with Gasteiger partial charge in [-0.25, -0.2) is 4.98 Å². The first-order valence-electron chi connectivity index (χ1n) is 12.5. The van der Waals surface area contributed by atoms with E-state index in [1.807, 2.05) is 24.0 Å². The SMILES string of the molecule is CC(C#N)Cn1cc(-c2ccc3c(c2)CN(c2cc(C4CCN(C)CC4)nc(N)n2)C(C)C3)cn1. The number of hydrogen-bond donors (Lipinski definition) is 1. The first kappa shape index (κ1) is 23.3. The first-order valence-corrected chi connectivity index (χ1v) is 12.5. The second-order valence-electron chi connectivity index (χ2n) is 10.2. The van der Waals surface area contributed by atoms with Gasteiger partial charge < -0.3 is 15.5 Å². The van der Waals surface area contributed by atoms with Crippen molar-refractivity contribution < 1.29 is 0 Å². The maximum atomic E-state index is 9.10. The Labute approximate surface area is 207 Å². The Hall–Kier alpha value is -3.44. The normalized spacial score (nSPS) is 19.8. The van der Waals surface area contributed by atoms with E-state index < -0.39 is 0 Å². The molecule has 5 rings (SSSR count). The van der Waals surface area contributed by atoms with Crippen LogP contribution in [0.3, 0.4) is 0 Å². The lowest BCUT2D eigenvalue weighted by Crippen LogP contribution is -2.39. The van der Waals surface area contributed by atoms with Gasteiger partial charge in [0.15, 0.2) is 0 Å². The van der Waals surface area contributed by atoms with E-state index in [0.29, 0.717) is 24.5 Å². The smallest absolute Gasteiger partial charge is 0.222 e. The van der Waals surface area contributed by atoms with E-state index in [4.69, 9.17) is 11.0 Å². The van der Waals surface area contributed by atoms with Crippen molar-refractivity contribution in [2.24, 2.45) is 5.92 Å². The van der Waals surface area contributed by atoms with Crippen molar-refractivity contribution in [2.45, 2.75) is 58.2 Å². The monoisotopic (exact) mass is 470 g/mol. The molecule has 2 N–H and O–H groups in total. The summed E-state index contributed by atoms with van der Waals surface area (Å²) in [5.41, 5.74) is 12.2. The summed E-state index contributed by atoms with van der Waals surface area (Å²) in [4.78, 5) is 14.0. The van der Waals surface area contributed by atoms with E-state index in [-0.39, 0.29) is 5.92 Å². The van der Waals surface area contributed by atoms with E-state index in [2.05, 4.69) is 69.2 Å². The van der Waals surface area contributed by atoms with Crippen LogP contribution in [0.4, 0.5) is 11.8 Å². The molecular formula is C27H34N8. The number of likely N-dealkylation sites (tertiary alicyclic amines) is 1. The fraction of sp³-hybridized carbons (Fsp3) is 0.481. The number of anilines is 2. The molecule has 2 unspecified atom stereocenters. The van der Waals surface area contributed by atoms with E-state index in [1.54, 1.807) is 0 Å². The van der Waals surface area contributed by atoms with E-state index in [1.165, 1.54) is 11.1 Å². The number of nitrogens with zero attached hydrogens (tertiary/aromatic N) is 7. The van der Waals surface area contributed by atoms with Crippen LogP contribution in [0.5, 0.6) is 0 Å². The van der Waals surface area contributed by atoms with E-state index in [0.717, 1.165) is 61.5 Å². The number of fused-ring (bicyclic) bond motifs is 1. The lowest BCUT2D eigenvalue weighted by Gasteiger charge is -2.36. The van der Waals surface area contributed by atoms with Crippen molar-refractivity contribution in [1.82, 2.24) is 24.6 Å². The van der Waals surface area contributed by atoms with Crippen molar-refractivity contribution >= 4 is 11.8 Å². The molecule has 0 amide bonds. The highest BCUT2D eigenvalue weighted by molar-refractivity contribution is 5.64. The standard InChI is InChI=1S/C27H34N8/c1-18(13-28)15-34-16-24(14-30-34)22-5-4-21-10-19(2)35(17-23(21)11-22)26-12-25(31-27(29)32-26)20-6-8-33(3)9-7-20/h4-5,11-12,14,16,18-20H,6-10,15,17H2,1-3H3,(H2,29,31,32). The van der Waals surface area contributed by atoms with Gasteiger partial charge in [-0.15, -0.1) is 0 Å². The Morgan fingerprint density at radius 2 is 1.94 bits per heavy atom. The number of nitrogen functional groups attached to an aromatic ring is 1. The molecule has 0 bridgehead atoms. The quantitative estimate of drug-likeness (QED) is 0.605. The lowest BCUT2D eigenvalue weighted by atomic mass is 9.91. The van der Waals surface area contributed by atoms with Crippen molar-refractivity contribution in [3.05, 3.63) is 53.5 Å². The average Bonchev–Trinajstić information content (AvgIpc) is 3.31. The minimum Gasteiger partial charge on any atom is -0.368 e. The summed E-state index contributed by atoms with van der Waals surface area (Å²) >= 11 is 0. The summed E-state index contributed by atoms with van der Waals surface area (Å²) in [7, 11) is 2.18. The molecule has 8 heteroatoms. The fourth-order valence-electron chi connectivity index (χ4n) is 5.29. The molecule has 1 fully saturated rings. The molecule has 0 spiro atoms. The number of aromatic nitrogens is 4. The minimum absolute atomic E-state index is 0.0685. The van der Waals surface area contributed by atoms with Crippen molar-refractivity contribution in [3.63, 3.8) is 0 Å². The van der Waals surface area contributed by atoms with Gasteiger partial charge in [-0.1, -0.05) is 12.1 Å². The van der Waals surface area contributed by atoms with Gasteiger partial charge in [0.1, 0.15) is 5.82 Å². The van der Waals surface area contributed by atoms with Gasteiger partial charge in [0, 0.05) is 36.3 Å². The van der Waals surface area contributed by atoms with Gasteiger partial charge in [-0.05, 0) is 76.0 Å². The van der Waals surface area contributed by atoms with Crippen LogP contribution in [0, 0.1) is 17.2 Å². The third-order valence-corrected chi connectivity index (χ3v) is 7.42. The van der Waals surface area contributed by atoms with Crippen LogP contribution >= 0.6 is 0 Å². The summed E-state index contributed by atoms with van der Waals surface area (Å²) in [5, 5.41) is 13.6. The zero-order chi connectivity index (χ0) is 24.5. The van der Waals surface area contributed by atoms with Crippen LogP contribution in [-0.2, 0) is 19.5 Å². The number of hydrogen-bond acceptors (Lipinski definition) is 7. The summed E-state index contributed by atoms with van der Waals surface area (Å²) in [6.45, 7) is 7.73. The zero-order valence-electron chi connectivity index (χ0n) is 20.9.